The standard InChI is InChI=1S/C56H50N8/c1-39-23-19-20-33-49(39)61(45-25-11-7-12-26-45)55-44(6)56(59-38-58-55)64(48-31-17-10-18-32-48)54-42(4)37-41(3)53(60-54)63(47-29-15-9-16-30-47)51-35-21-34-50(43(51)5)62(46-27-13-8-14-28-46)52-40(2)24-22-36-57-52/h7-38H,1-6H3. The lowest BCUT2D eigenvalue weighted by atomic mass is 10.1. The molecule has 8 heteroatoms. The van der Waals surface area contributed by atoms with Crippen LogP contribution in [-0.4, -0.2) is 19.9 Å². The monoisotopic (exact) mass is 834 g/mol. The summed E-state index contributed by atoms with van der Waals surface area (Å²) in [6.45, 7) is 12.8. The maximum Gasteiger partial charge on any atom is 0.147 e. The minimum absolute atomic E-state index is 0.727. The van der Waals surface area contributed by atoms with Gasteiger partial charge in [0, 0.05) is 34.5 Å². The second kappa shape index (κ2) is 18.1. The quantitative estimate of drug-likeness (QED) is 0.121. The molecule has 0 N–H and O–H groups in total. The summed E-state index contributed by atoms with van der Waals surface area (Å²) >= 11 is 0. The molecule has 9 aromatic rings. The molecule has 0 saturated carbocycles. The van der Waals surface area contributed by atoms with Crippen LogP contribution in [0.25, 0.3) is 0 Å². The molecule has 9 rings (SSSR count). The molecule has 0 unspecified atom stereocenters. The molecular formula is C56H50N8. The summed E-state index contributed by atoms with van der Waals surface area (Å²) < 4.78 is 0. The molecule has 0 aliphatic heterocycles. The van der Waals surface area contributed by atoms with E-state index in [-0.39, 0.29) is 0 Å². The van der Waals surface area contributed by atoms with Crippen molar-refractivity contribution in [2.75, 3.05) is 19.6 Å². The van der Waals surface area contributed by atoms with E-state index in [1.165, 1.54) is 0 Å². The fraction of sp³-hybridized carbons (Fsp3) is 0.107. The van der Waals surface area contributed by atoms with Gasteiger partial charge in [0.25, 0.3) is 0 Å². The summed E-state index contributed by atoms with van der Waals surface area (Å²) in [5.74, 6) is 3.93. The van der Waals surface area contributed by atoms with Gasteiger partial charge in [0.05, 0.1) is 17.1 Å². The first-order valence-electron chi connectivity index (χ1n) is 21.6. The summed E-state index contributed by atoms with van der Waals surface area (Å²) in [4.78, 5) is 29.6. The van der Waals surface area contributed by atoms with Crippen LogP contribution in [0.1, 0.15) is 33.4 Å². The average molecular weight is 835 g/mol. The zero-order valence-electron chi connectivity index (χ0n) is 37.1. The molecule has 6 aromatic carbocycles. The van der Waals surface area contributed by atoms with Gasteiger partial charge in [-0.05, 0) is 148 Å². The van der Waals surface area contributed by atoms with Crippen molar-refractivity contribution in [3.63, 3.8) is 0 Å². The lowest BCUT2D eigenvalue weighted by Gasteiger charge is -2.33. The van der Waals surface area contributed by atoms with E-state index >= 15 is 0 Å². The fourth-order valence-electron chi connectivity index (χ4n) is 8.47. The molecule has 0 radical (unpaired) electrons. The lowest BCUT2D eigenvalue weighted by Crippen LogP contribution is -2.22. The van der Waals surface area contributed by atoms with E-state index in [9.17, 15) is 0 Å². The number of aromatic nitrogens is 4. The molecule has 0 saturated heterocycles. The Balaban J connectivity index is 1.25. The van der Waals surface area contributed by atoms with Gasteiger partial charge < -0.3 is 0 Å². The van der Waals surface area contributed by atoms with Crippen LogP contribution in [0.15, 0.2) is 195 Å². The van der Waals surface area contributed by atoms with Gasteiger partial charge in [0.2, 0.25) is 0 Å². The third kappa shape index (κ3) is 7.93. The largest absolute Gasteiger partial charge is 0.294 e. The van der Waals surface area contributed by atoms with E-state index in [0.29, 0.717) is 0 Å². The molecule has 0 spiro atoms. The molecule has 0 amide bonds. The van der Waals surface area contributed by atoms with Gasteiger partial charge >= 0.3 is 0 Å². The number of aryl methyl sites for hydroxylation is 4. The molecule has 314 valence electrons. The second-order valence-electron chi connectivity index (χ2n) is 16.0. The number of rotatable bonds is 12. The van der Waals surface area contributed by atoms with E-state index in [1.807, 2.05) is 30.5 Å². The second-order valence-corrected chi connectivity index (χ2v) is 16.0. The summed E-state index contributed by atoms with van der Waals surface area (Å²) in [7, 11) is 0. The van der Waals surface area contributed by atoms with Gasteiger partial charge in [-0.25, -0.2) is 19.9 Å². The Morgan fingerprint density at radius 3 is 1.22 bits per heavy atom. The Morgan fingerprint density at radius 1 is 0.297 bits per heavy atom. The zero-order valence-corrected chi connectivity index (χ0v) is 37.1. The third-order valence-electron chi connectivity index (χ3n) is 11.6. The van der Waals surface area contributed by atoms with Crippen LogP contribution < -0.4 is 19.6 Å². The molecule has 8 nitrogen and oxygen atoms in total. The van der Waals surface area contributed by atoms with Crippen LogP contribution >= 0.6 is 0 Å². The molecule has 0 aliphatic rings. The van der Waals surface area contributed by atoms with Gasteiger partial charge in [0.15, 0.2) is 0 Å². The van der Waals surface area contributed by atoms with Crippen LogP contribution in [0.4, 0.5) is 68.9 Å². The third-order valence-corrected chi connectivity index (χ3v) is 11.6. The zero-order chi connectivity index (χ0) is 44.2. The maximum absolute atomic E-state index is 5.72. The highest BCUT2D eigenvalue weighted by Gasteiger charge is 2.29. The number of pyridine rings is 2. The first-order valence-corrected chi connectivity index (χ1v) is 21.6. The van der Waals surface area contributed by atoms with Crippen molar-refractivity contribution < 1.29 is 0 Å². The first-order chi connectivity index (χ1) is 31.3. The smallest absolute Gasteiger partial charge is 0.147 e. The number of hydrogen-bond donors (Lipinski definition) is 0. The van der Waals surface area contributed by atoms with Gasteiger partial charge in [0.1, 0.15) is 35.4 Å². The van der Waals surface area contributed by atoms with Crippen molar-refractivity contribution in [2.24, 2.45) is 0 Å². The number of hydrogen-bond acceptors (Lipinski definition) is 8. The van der Waals surface area contributed by atoms with E-state index < -0.39 is 0 Å². The number of para-hydroxylation sites is 5. The molecule has 0 aliphatic carbocycles. The van der Waals surface area contributed by atoms with E-state index in [2.05, 4.69) is 219 Å². The van der Waals surface area contributed by atoms with E-state index in [4.69, 9.17) is 19.9 Å². The van der Waals surface area contributed by atoms with Crippen molar-refractivity contribution in [1.82, 2.24) is 19.9 Å². The number of nitrogens with zero attached hydrogens (tertiary/aromatic N) is 8. The lowest BCUT2D eigenvalue weighted by molar-refractivity contribution is 1.02. The van der Waals surface area contributed by atoms with Gasteiger partial charge in [-0.1, -0.05) is 103 Å². The van der Waals surface area contributed by atoms with Crippen LogP contribution in [0.5, 0.6) is 0 Å². The summed E-state index contributed by atoms with van der Waals surface area (Å²) in [6.07, 6.45) is 3.52. The van der Waals surface area contributed by atoms with Crippen LogP contribution in [0.2, 0.25) is 0 Å². The molecule has 0 fully saturated rings. The molecular weight excluding hydrogens is 785 g/mol. The predicted octanol–water partition coefficient (Wildman–Crippen LogP) is 15.0. The van der Waals surface area contributed by atoms with E-state index in [1.54, 1.807) is 6.33 Å². The number of benzene rings is 6. The van der Waals surface area contributed by atoms with Crippen molar-refractivity contribution in [2.45, 2.75) is 41.5 Å². The van der Waals surface area contributed by atoms with Gasteiger partial charge in [-0.15, -0.1) is 0 Å². The van der Waals surface area contributed by atoms with Crippen molar-refractivity contribution in [3.8, 4) is 0 Å². The first kappa shape index (κ1) is 41.3. The highest BCUT2D eigenvalue weighted by molar-refractivity contribution is 5.88. The minimum atomic E-state index is 0.727. The van der Waals surface area contributed by atoms with Crippen molar-refractivity contribution in [1.29, 1.82) is 0 Å². The molecule has 64 heavy (non-hydrogen) atoms. The van der Waals surface area contributed by atoms with Crippen LogP contribution in [-0.2, 0) is 0 Å². The normalized spacial score (nSPS) is 11.0. The molecule has 0 atom stereocenters. The molecule has 3 heterocycles. The summed E-state index contributed by atoms with van der Waals surface area (Å²) in [5.41, 5.74) is 13.2. The van der Waals surface area contributed by atoms with Crippen molar-refractivity contribution in [3.05, 3.63) is 228 Å². The average Bonchev–Trinajstić information content (AvgIpc) is 3.32. The molecule has 3 aromatic heterocycles. The topological polar surface area (TPSA) is 64.5 Å². The predicted molar refractivity (Wildman–Crippen MR) is 265 cm³/mol. The van der Waals surface area contributed by atoms with Crippen molar-refractivity contribution >= 4 is 68.9 Å². The van der Waals surface area contributed by atoms with Gasteiger partial charge in [-0.2, -0.15) is 0 Å². The summed E-state index contributed by atoms with van der Waals surface area (Å²) in [6, 6.07) is 62.9. The Kier molecular flexibility index (Phi) is 11.7. The Labute approximate surface area is 376 Å². The Hall–Kier alpha value is -8.10. The Morgan fingerprint density at radius 2 is 0.703 bits per heavy atom. The van der Waals surface area contributed by atoms with Crippen LogP contribution in [0.3, 0.4) is 0 Å². The maximum atomic E-state index is 5.72. The highest BCUT2D eigenvalue weighted by Crippen LogP contribution is 2.47. The minimum Gasteiger partial charge on any atom is -0.294 e. The Bertz CT molecular complexity index is 2830. The molecule has 0 bridgehead atoms. The highest BCUT2D eigenvalue weighted by atomic mass is 15.3. The SMILES string of the molecule is Cc1ccccc1N(c1ccccc1)c1ncnc(N(c2ccccc2)c2nc(N(c3ccccc3)c3cccc(N(c4ccccc4)c4ncccc4C)c3C)c(C)cc2C)c1C. The van der Waals surface area contributed by atoms with Crippen LogP contribution in [0, 0.1) is 41.5 Å². The number of anilines is 12. The van der Waals surface area contributed by atoms with E-state index in [0.717, 1.165) is 102 Å². The van der Waals surface area contributed by atoms with Gasteiger partial charge in [-0.3, -0.25) is 19.6 Å². The fourth-order valence-corrected chi connectivity index (χ4v) is 8.47. The summed E-state index contributed by atoms with van der Waals surface area (Å²) in [5, 5.41) is 0.